The summed E-state index contributed by atoms with van der Waals surface area (Å²) in [6, 6.07) is 0. The van der Waals surface area contributed by atoms with E-state index < -0.39 is 0 Å². The molecule has 4 nitrogen and oxygen atoms in total. The van der Waals surface area contributed by atoms with Crippen LogP contribution in [0, 0.1) is 6.92 Å². The first-order valence-corrected chi connectivity index (χ1v) is 6.08. The monoisotopic (exact) mass is 228 g/mol. The molecule has 1 aliphatic rings. The van der Waals surface area contributed by atoms with Crippen LogP contribution in [0.4, 0.5) is 0 Å². The molecule has 0 fully saturated rings. The predicted molar refractivity (Wildman–Crippen MR) is 65.8 cm³/mol. The summed E-state index contributed by atoms with van der Waals surface area (Å²) < 4.78 is 1.97. The highest BCUT2D eigenvalue weighted by Gasteiger charge is 2.24. The van der Waals surface area contributed by atoms with Crippen molar-refractivity contribution >= 4 is 0 Å². The van der Waals surface area contributed by atoms with Gasteiger partial charge in [0.05, 0.1) is 17.1 Å². The van der Waals surface area contributed by atoms with E-state index in [1.54, 1.807) is 0 Å². The number of rotatable bonds is 1. The molecule has 88 valence electrons. The molecule has 0 aliphatic heterocycles. The summed E-state index contributed by atoms with van der Waals surface area (Å²) in [6.45, 7) is 4.09. The lowest BCUT2D eigenvalue weighted by Crippen LogP contribution is -2.09. The van der Waals surface area contributed by atoms with Gasteiger partial charge < -0.3 is 0 Å². The lowest BCUT2D eigenvalue weighted by Gasteiger charge is -2.16. The Morgan fingerprint density at radius 2 is 2.18 bits per heavy atom. The van der Waals surface area contributed by atoms with Crippen LogP contribution in [0.2, 0.25) is 0 Å². The SMILES string of the molecule is CCc1nn(C)c2c1CCc1cnc(C)nc1-2. The fourth-order valence-corrected chi connectivity index (χ4v) is 2.61. The van der Waals surface area contributed by atoms with Crippen molar-refractivity contribution in [3.8, 4) is 11.4 Å². The van der Waals surface area contributed by atoms with Gasteiger partial charge in [-0.05, 0) is 31.7 Å². The van der Waals surface area contributed by atoms with Crippen LogP contribution < -0.4 is 0 Å². The molecule has 0 atom stereocenters. The van der Waals surface area contributed by atoms with Crippen LogP contribution in [-0.4, -0.2) is 19.7 Å². The first-order valence-electron chi connectivity index (χ1n) is 6.08. The van der Waals surface area contributed by atoms with E-state index in [0.717, 1.165) is 30.8 Å². The second-order valence-corrected chi connectivity index (χ2v) is 4.54. The molecule has 1 aliphatic carbocycles. The number of fused-ring (bicyclic) bond motifs is 3. The fraction of sp³-hybridized carbons (Fsp3) is 0.462. The summed E-state index contributed by atoms with van der Waals surface area (Å²) in [5.41, 5.74) is 6.10. The van der Waals surface area contributed by atoms with Gasteiger partial charge in [0.25, 0.3) is 0 Å². The van der Waals surface area contributed by atoms with Gasteiger partial charge in [-0.1, -0.05) is 6.92 Å². The van der Waals surface area contributed by atoms with Crippen LogP contribution in [0.5, 0.6) is 0 Å². The molecule has 0 amide bonds. The van der Waals surface area contributed by atoms with Gasteiger partial charge >= 0.3 is 0 Å². The molecule has 2 aromatic heterocycles. The molecule has 3 rings (SSSR count). The third kappa shape index (κ3) is 1.47. The van der Waals surface area contributed by atoms with Crippen LogP contribution in [0.15, 0.2) is 6.20 Å². The third-order valence-electron chi connectivity index (χ3n) is 3.42. The highest BCUT2D eigenvalue weighted by atomic mass is 15.3. The van der Waals surface area contributed by atoms with Crippen LogP contribution in [0.3, 0.4) is 0 Å². The second-order valence-electron chi connectivity index (χ2n) is 4.54. The van der Waals surface area contributed by atoms with Crippen LogP contribution in [0.1, 0.15) is 29.6 Å². The zero-order chi connectivity index (χ0) is 12.0. The Morgan fingerprint density at radius 1 is 1.35 bits per heavy atom. The van der Waals surface area contributed by atoms with E-state index in [1.807, 2.05) is 24.9 Å². The molecule has 2 aromatic rings. The van der Waals surface area contributed by atoms with Crippen molar-refractivity contribution in [3.63, 3.8) is 0 Å². The molecule has 0 saturated heterocycles. The van der Waals surface area contributed by atoms with E-state index >= 15 is 0 Å². The number of aryl methyl sites for hydroxylation is 4. The maximum absolute atomic E-state index is 4.60. The molecule has 2 heterocycles. The summed E-state index contributed by atoms with van der Waals surface area (Å²) in [5, 5.41) is 4.60. The highest BCUT2D eigenvalue weighted by Crippen LogP contribution is 2.33. The second kappa shape index (κ2) is 3.65. The Morgan fingerprint density at radius 3 is 2.94 bits per heavy atom. The minimum absolute atomic E-state index is 0.829. The smallest absolute Gasteiger partial charge is 0.125 e. The van der Waals surface area contributed by atoms with Crippen molar-refractivity contribution in [3.05, 3.63) is 28.8 Å². The standard InChI is InChI=1S/C13H16N4/c1-4-11-10-6-5-9-7-14-8(2)15-12(9)13(10)17(3)16-11/h7H,4-6H2,1-3H3. The van der Waals surface area contributed by atoms with Crippen molar-refractivity contribution in [1.82, 2.24) is 19.7 Å². The maximum Gasteiger partial charge on any atom is 0.125 e. The molecule has 0 spiro atoms. The Kier molecular flexibility index (Phi) is 2.24. The van der Waals surface area contributed by atoms with E-state index in [4.69, 9.17) is 0 Å². The molecule has 0 saturated carbocycles. The van der Waals surface area contributed by atoms with Gasteiger partial charge in [-0.15, -0.1) is 0 Å². The third-order valence-corrected chi connectivity index (χ3v) is 3.42. The summed E-state index contributed by atoms with van der Waals surface area (Å²) in [4.78, 5) is 8.87. The molecular formula is C13H16N4. The van der Waals surface area contributed by atoms with Gasteiger partial charge in [0.2, 0.25) is 0 Å². The summed E-state index contributed by atoms with van der Waals surface area (Å²) in [7, 11) is 2.00. The van der Waals surface area contributed by atoms with Crippen molar-refractivity contribution < 1.29 is 0 Å². The summed E-state index contributed by atoms with van der Waals surface area (Å²) in [6.07, 6.45) is 5.04. The molecule has 4 heteroatoms. The van der Waals surface area contributed by atoms with E-state index in [1.165, 1.54) is 22.5 Å². The minimum Gasteiger partial charge on any atom is -0.266 e. The van der Waals surface area contributed by atoms with Crippen molar-refractivity contribution in [2.45, 2.75) is 33.1 Å². The molecule has 0 bridgehead atoms. The van der Waals surface area contributed by atoms with E-state index in [-0.39, 0.29) is 0 Å². The first-order chi connectivity index (χ1) is 8.20. The topological polar surface area (TPSA) is 43.6 Å². The normalized spacial score (nSPS) is 13.4. The maximum atomic E-state index is 4.60. The number of aromatic nitrogens is 4. The zero-order valence-corrected chi connectivity index (χ0v) is 10.5. The lowest BCUT2D eigenvalue weighted by molar-refractivity contribution is 0.748. The molecule has 17 heavy (non-hydrogen) atoms. The quantitative estimate of drug-likeness (QED) is 0.748. The van der Waals surface area contributed by atoms with E-state index in [9.17, 15) is 0 Å². The first kappa shape index (κ1) is 10.4. The fourth-order valence-electron chi connectivity index (χ4n) is 2.61. The average Bonchev–Trinajstić information content (AvgIpc) is 2.66. The molecule has 0 N–H and O–H groups in total. The van der Waals surface area contributed by atoms with Crippen molar-refractivity contribution in [2.24, 2.45) is 7.05 Å². The highest BCUT2D eigenvalue weighted by molar-refractivity contribution is 5.66. The van der Waals surface area contributed by atoms with Crippen LogP contribution in [-0.2, 0) is 26.3 Å². The Bertz CT molecular complexity index is 583. The van der Waals surface area contributed by atoms with Gasteiger partial charge in [-0.3, -0.25) is 4.68 Å². The molecule has 0 aromatic carbocycles. The van der Waals surface area contributed by atoms with Crippen molar-refractivity contribution in [2.75, 3.05) is 0 Å². The summed E-state index contributed by atoms with van der Waals surface area (Å²) >= 11 is 0. The summed E-state index contributed by atoms with van der Waals surface area (Å²) in [5.74, 6) is 0.829. The minimum atomic E-state index is 0.829. The van der Waals surface area contributed by atoms with Crippen LogP contribution in [0.25, 0.3) is 11.4 Å². The molecule has 0 unspecified atom stereocenters. The van der Waals surface area contributed by atoms with E-state index in [2.05, 4.69) is 22.0 Å². The number of hydrogen-bond donors (Lipinski definition) is 0. The Hall–Kier alpha value is -1.71. The van der Waals surface area contributed by atoms with Crippen molar-refractivity contribution in [1.29, 1.82) is 0 Å². The number of nitrogens with zero attached hydrogens (tertiary/aromatic N) is 4. The molecule has 0 radical (unpaired) electrons. The average molecular weight is 228 g/mol. The van der Waals surface area contributed by atoms with Gasteiger partial charge in [0.15, 0.2) is 0 Å². The Labute approximate surface area is 101 Å². The van der Waals surface area contributed by atoms with Crippen LogP contribution >= 0.6 is 0 Å². The van der Waals surface area contributed by atoms with Gasteiger partial charge in [0, 0.05) is 18.8 Å². The molecular weight excluding hydrogens is 212 g/mol. The number of hydrogen-bond acceptors (Lipinski definition) is 3. The van der Waals surface area contributed by atoms with Gasteiger partial charge in [-0.2, -0.15) is 5.10 Å². The van der Waals surface area contributed by atoms with E-state index in [0.29, 0.717) is 0 Å². The predicted octanol–water partition coefficient (Wildman–Crippen LogP) is 1.85. The Balaban J connectivity index is 2.28. The van der Waals surface area contributed by atoms with Gasteiger partial charge in [-0.25, -0.2) is 9.97 Å². The lowest BCUT2D eigenvalue weighted by atomic mass is 9.93. The largest absolute Gasteiger partial charge is 0.266 e. The van der Waals surface area contributed by atoms with Gasteiger partial charge in [0.1, 0.15) is 5.82 Å². The zero-order valence-electron chi connectivity index (χ0n) is 10.5.